The number of imide groups is 2. The van der Waals surface area contributed by atoms with Gasteiger partial charge >= 0.3 is 0 Å². The van der Waals surface area contributed by atoms with Crippen LogP contribution in [0.3, 0.4) is 0 Å². The van der Waals surface area contributed by atoms with E-state index in [4.69, 9.17) is 20.2 Å². The number of benzene rings is 2. The zero-order valence-corrected chi connectivity index (χ0v) is 31.8. The van der Waals surface area contributed by atoms with E-state index in [1.807, 2.05) is 4.40 Å². The first kappa shape index (κ1) is 38.8. The number of aromatic nitrogens is 4. The molecule has 3 aromatic heterocycles. The summed E-state index contributed by atoms with van der Waals surface area (Å²) in [7, 11) is 0. The van der Waals surface area contributed by atoms with Crippen molar-refractivity contribution in [2.45, 2.75) is 37.8 Å². The van der Waals surface area contributed by atoms with E-state index in [0.717, 1.165) is 16.9 Å². The van der Waals surface area contributed by atoms with Crippen LogP contribution >= 0.6 is 0 Å². The van der Waals surface area contributed by atoms with Crippen molar-refractivity contribution in [3.63, 3.8) is 0 Å². The maximum atomic E-state index is 13.5. The third-order valence-corrected chi connectivity index (χ3v) is 10.4. The molecule has 3 aliphatic rings. The van der Waals surface area contributed by atoms with E-state index in [1.165, 1.54) is 6.07 Å². The van der Waals surface area contributed by atoms with Crippen molar-refractivity contribution in [3.05, 3.63) is 102 Å². The third-order valence-electron chi connectivity index (χ3n) is 10.4. The maximum absolute atomic E-state index is 13.5. The molecule has 0 aliphatic carbocycles. The fourth-order valence-corrected chi connectivity index (χ4v) is 7.64. The molecule has 302 valence electrons. The smallest absolute Gasteiger partial charge is 0.264 e. The Hall–Kier alpha value is -7.05. The van der Waals surface area contributed by atoms with E-state index < -0.39 is 29.7 Å². The molecule has 5 aromatic rings. The Bertz CT molecular complexity index is 2460. The van der Waals surface area contributed by atoms with Gasteiger partial charge in [-0.25, -0.2) is 15.0 Å². The second-order valence-corrected chi connectivity index (χ2v) is 14.1. The van der Waals surface area contributed by atoms with Crippen molar-refractivity contribution in [1.29, 1.82) is 0 Å². The number of nitrogens with one attached hydrogen (secondary N) is 3. The number of carbonyl (C=O) groups excluding carboxylic acids is 6. The molecular formula is C41H40N10O8. The molecule has 0 bridgehead atoms. The van der Waals surface area contributed by atoms with Gasteiger partial charge in [-0.15, -0.1) is 0 Å². The fraction of sp³-hybridized carbons (Fsp3) is 0.293. The first-order valence-corrected chi connectivity index (χ1v) is 19.2. The monoisotopic (exact) mass is 800 g/mol. The van der Waals surface area contributed by atoms with Crippen LogP contribution in [0.2, 0.25) is 0 Å². The molecule has 18 nitrogen and oxygen atoms in total. The number of imidazole rings is 1. The summed E-state index contributed by atoms with van der Waals surface area (Å²) in [5.41, 5.74) is 9.51. The average Bonchev–Trinajstić information content (AvgIpc) is 3.95. The van der Waals surface area contributed by atoms with Gasteiger partial charge in [-0.1, -0.05) is 24.3 Å². The molecule has 0 radical (unpaired) electrons. The van der Waals surface area contributed by atoms with Crippen molar-refractivity contribution >= 4 is 58.3 Å². The zero-order chi connectivity index (χ0) is 41.0. The van der Waals surface area contributed by atoms with Crippen LogP contribution in [0.1, 0.15) is 68.6 Å². The molecule has 59 heavy (non-hydrogen) atoms. The Morgan fingerprint density at radius 1 is 0.881 bits per heavy atom. The van der Waals surface area contributed by atoms with Crippen molar-refractivity contribution in [2.24, 2.45) is 0 Å². The first-order valence-electron chi connectivity index (χ1n) is 19.2. The summed E-state index contributed by atoms with van der Waals surface area (Å²) in [4.78, 5) is 92.8. The largest absolute Gasteiger partial charge is 0.382 e. The van der Waals surface area contributed by atoms with Crippen molar-refractivity contribution in [2.75, 3.05) is 55.9 Å². The van der Waals surface area contributed by atoms with Crippen molar-refractivity contribution < 1.29 is 38.2 Å². The van der Waals surface area contributed by atoms with Crippen LogP contribution in [-0.2, 0) is 23.9 Å². The van der Waals surface area contributed by atoms with E-state index >= 15 is 0 Å². The average molecular weight is 801 g/mol. The van der Waals surface area contributed by atoms with Gasteiger partial charge in [0.05, 0.1) is 37.0 Å². The van der Waals surface area contributed by atoms with Gasteiger partial charge in [-0.05, 0) is 55.7 Å². The maximum Gasteiger partial charge on any atom is 0.264 e. The second kappa shape index (κ2) is 16.8. The van der Waals surface area contributed by atoms with Crippen LogP contribution in [0, 0.1) is 0 Å². The topological polar surface area (TPSA) is 233 Å². The van der Waals surface area contributed by atoms with Crippen LogP contribution in [0.5, 0.6) is 0 Å². The molecule has 18 heteroatoms. The molecule has 6 amide bonds. The number of ether oxygens (including phenoxy) is 2. The highest BCUT2D eigenvalue weighted by Crippen LogP contribution is 2.37. The van der Waals surface area contributed by atoms with Gasteiger partial charge in [-0.3, -0.25) is 43.4 Å². The van der Waals surface area contributed by atoms with Gasteiger partial charge in [0.2, 0.25) is 17.7 Å². The number of likely N-dealkylation sites (tertiary alicyclic amines) is 1. The molecule has 0 spiro atoms. The van der Waals surface area contributed by atoms with E-state index in [0.29, 0.717) is 53.6 Å². The molecule has 2 fully saturated rings. The number of nitrogens with zero attached hydrogens (tertiary/aromatic N) is 6. The van der Waals surface area contributed by atoms with Gasteiger partial charge in [0, 0.05) is 54.9 Å². The quantitative estimate of drug-likeness (QED) is 0.0936. The number of nitrogens with two attached hydrogens (primary N) is 1. The number of hydrogen-bond acceptors (Lipinski definition) is 13. The highest BCUT2D eigenvalue weighted by molar-refractivity contribution is 6.25. The van der Waals surface area contributed by atoms with Crippen molar-refractivity contribution in [3.8, 4) is 11.3 Å². The molecule has 2 aromatic carbocycles. The summed E-state index contributed by atoms with van der Waals surface area (Å²) in [5, 5.41) is 8.10. The summed E-state index contributed by atoms with van der Waals surface area (Å²) in [5.74, 6) is -1.41. The van der Waals surface area contributed by atoms with Crippen LogP contribution in [0.4, 0.5) is 17.3 Å². The summed E-state index contributed by atoms with van der Waals surface area (Å²) in [6.45, 7) is 1.28. The molecular weight excluding hydrogens is 761 g/mol. The van der Waals surface area contributed by atoms with E-state index in [9.17, 15) is 28.8 Å². The molecule has 2 saturated heterocycles. The summed E-state index contributed by atoms with van der Waals surface area (Å²) < 4.78 is 13.3. The van der Waals surface area contributed by atoms with Gasteiger partial charge in [0.25, 0.3) is 17.7 Å². The number of fused-ring (bicyclic) bond motifs is 2. The zero-order valence-electron chi connectivity index (χ0n) is 31.8. The van der Waals surface area contributed by atoms with Crippen molar-refractivity contribution in [1.82, 2.24) is 34.5 Å². The lowest BCUT2D eigenvalue weighted by Gasteiger charge is -2.27. The minimum absolute atomic E-state index is 0.0384. The fourth-order valence-electron chi connectivity index (χ4n) is 7.64. The summed E-state index contributed by atoms with van der Waals surface area (Å²) in [6, 6.07) is 15.7. The lowest BCUT2D eigenvalue weighted by molar-refractivity contribution is -0.138. The highest BCUT2D eigenvalue weighted by atomic mass is 16.5. The Balaban J connectivity index is 0.831. The van der Waals surface area contributed by atoms with Crippen LogP contribution in [0.15, 0.2) is 79.3 Å². The number of rotatable bonds is 14. The second-order valence-electron chi connectivity index (χ2n) is 14.1. The number of piperidine rings is 1. The normalized spacial score (nSPS) is 17.7. The molecule has 3 aliphatic heterocycles. The number of pyridine rings is 1. The molecule has 8 rings (SSSR count). The molecule has 6 heterocycles. The van der Waals surface area contributed by atoms with E-state index in [1.54, 1.807) is 78.1 Å². The van der Waals surface area contributed by atoms with Gasteiger partial charge < -0.3 is 30.7 Å². The predicted octanol–water partition coefficient (Wildman–Crippen LogP) is 2.84. The van der Waals surface area contributed by atoms with Crippen LogP contribution in [-0.4, -0.2) is 110 Å². The Morgan fingerprint density at radius 3 is 2.51 bits per heavy atom. The minimum atomic E-state index is -1.05. The number of carbonyl (C=O) groups is 6. The lowest BCUT2D eigenvalue weighted by atomic mass is 10.0. The highest BCUT2D eigenvalue weighted by Gasteiger charge is 2.45. The third kappa shape index (κ3) is 7.82. The molecule has 1 unspecified atom stereocenters. The Kier molecular flexibility index (Phi) is 11.1. The first-order chi connectivity index (χ1) is 28.7. The van der Waals surface area contributed by atoms with Gasteiger partial charge in [0.1, 0.15) is 41.3 Å². The lowest BCUT2D eigenvalue weighted by Crippen LogP contribution is -2.54. The molecule has 5 N–H and O–H groups in total. The summed E-state index contributed by atoms with van der Waals surface area (Å²) >= 11 is 0. The number of nitrogen functional groups attached to an aromatic ring is 1. The Morgan fingerprint density at radius 2 is 1.71 bits per heavy atom. The van der Waals surface area contributed by atoms with E-state index in [-0.39, 0.29) is 74.1 Å². The summed E-state index contributed by atoms with van der Waals surface area (Å²) in [6.07, 6.45) is 6.54. The minimum Gasteiger partial charge on any atom is -0.382 e. The standard InChI is InChI=1S/C41H40N10O8/c42-36-35-34(24-9-11-25(12-10-24)38(54)46-30-8-1-2-15-44-30)48-37(50(35)19-16-45-36)28-7-4-18-49(28)32(53)23-59-22-21-58-20-17-43-27-6-3-5-26-33(27)41(57)51(40(26)56)29-13-14-31(52)47-39(29)55/h1-3,5-6,8-12,15-16,19,28-29,43H,4,7,13-14,17-18,20-23H2,(H2,42,45)(H,44,46,54)(H,47,52,55)/t28-,29?/m0/s1. The van der Waals surface area contributed by atoms with Crippen LogP contribution < -0.4 is 21.7 Å². The molecule has 2 atom stereocenters. The number of anilines is 3. The SMILES string of the molecule is Nc1nccn2c([C@@H]3CCCN3C(=O)COCCOCCNc3cccc4c3C(=O)N(C3CCC(=O)NC3=O)C4=O)nc(-c3ccc(C(=O)Nc4ccccn4)cc3)c12. The number of amides is 6. The van der Waals surface area contributed by atoms with Crippen LogP contribution in [0.25, 0.3) is 16.8 Å². The predicted molar refractivity (Wildman–Crippen MR) is 212 cm³/mol. The number of hydrogen-bond donors (Lipinski definition) is 4. The van der Waals surface area contributed by atoms with Gasteiger partial charge in [0.15, 0.2) is 0 Å². The van der Waals surface area contributed by atoms with Gasteiger partial charge in [-0.2, -0.15) is 0 Å². The van der Waals surface area contributed by atoms with E-state index in [2.05, 4.69) is 25.9 Å². The molecule has 0 saturated carbocycles. The Labute approximate surface area is 337 Å².